The molecule has 1 amide bonds. The predicted octanol–water partition coefficient (Wildman–Crippen LogP) is 0.772. The van der Waals surface area contributed by atoms with Crippen molar-refractivity contribution >= 4 is 17.7 Å². The van der Waals surface area contributed by atoms with Gasteiger partial charge in [-0.05, 0) is 25.0 Å². The first-order valence-corrected chi connectivity index (χ1v) is 4.74. The normalized spacial score (nSPS) is 39.0. The van der Waals surface area contributed by atoms with Crippen LogP contribution >= 0.6 is 11.8 Å². The summed E-state index contributed by atoms with van der Waals surface area (Å²) in [7, 11) is 0. The molecule has 1 unspecified atom stereocenters. The molecule has 1 atom stereocenters. The van der Waals surface area contributed by atoms with Gasteiger partial charge >= 0.3 is 0 Å². The quantitative estimate of drug-likeness (QED) is 0.563. The number of amides is 1. The third-order valence-corrected chi connectivity index (χ3v) is 3.97. The number of hydrogen-bond donors (Lipinski definition) is 1. The van der Waals surface area contributed by atoms with Crippen molar-refractivity contribution in [3.05, 3.63) is 0 Å². The van der Waals surface area contributed by atoms with Gasteiger partial charge in [-0.1, -0.05) is 0 Å². The van der Waals surface area contributed by atoms with Crippen molar-refractivity contribution in [2.24, 2.45) is 0 Å². The summed E-state index contributed by atoms with van der Waals surface area (Å²) in [5.74, 6) is 1.46. The van der Waals surface area contributed by atoms with Crippen LogP contribution in [-0.4, -0.2) is 23.0 Å². The van der Waals surface area contributed by atoms with Crippen LogP contribution in [0.5, 0.6) is 0 Å². The molecule has 2 saturated heterocycles. The van der Waals surface area contributed by atoms with Crippen LogP contribution in [0.4, 0.5) is 0 Å². The van der Waals surface area contributed by atoms with Gasteiger partial charge in [-0.2, -0.15) is 0 Å². The third kappa shape index (κ3) is 0.764. The van der Waals surface area contributed by atoms with E-state index < -0.39 is 0 Å². The lowest BCUT2D eigenvalue weighted by Crippen LogP contribution is -2.31. The Balaban J connectivity index is 2.19. The van der Waals surface area contributed by atoms with Gasteiger partial charge in [-0.15, -0.1) is 11.8 Å². The maximum Gasteiger partial charge on any atom is 0.236 e. The fourth-order valence-electron chi connectivity index (χ4n) is 1.73. The summed E-state index contributed by atoms with van der Waals surface area (Å²) in [4.78, 5) is 11.3. The molecule has 56 valence electrons. The van der Waals surface area contributed by atoms with Gasteiger partial charge in [0.05, 0.1) is 4.75 Å². The number of carbonyl (C=O) groups is 1. The first-order chi connectivity index (χ1) is 4.83. The number of thioether (sulfide) groups is 1. The molecule has 2 nitrogen and oxygen atoms in total. The highest BCUT2D eigenvalue weighted by molar-refractivity contribution is 8.01. The van der Waals surface area contributed by atoms with Crippen LogP contribution in [0.3, 0.4) is 0 Å². The van der Waals surface area contributed by atoms with E-state index in [9.17, 15) is 4.79 Å². The first kappa shape index (κ1) is 6.53. The monoisotopic (exact) mass is 157 g/mol. The minimum absolute atomic E-state index is 0.0139. The summed E-state index contributed by atoms with van der Waals surface area (Å²) in [6, 6.07) is 0. The Morgan fingerprint density at radius 1 is 1.50 bits per heavy atom. The zero-order valence-electron chi connectivity index (χ0n) is 5.85. The summed E-state index contributed by atoms with van der Waals surface area (Å²) in [5, 5.41) is 2.89. The maximum absolute atomic E-state index is 11.3. The average Bonchev–Trinajstić information content (AvgIpc) is 2.48. The SMILES string of the molecule is O=C1NCCC12CCCS2. The van der Waals surface area contributed by atoms with Gasteiger partial charge in [-0.25, -0.2) is 0 Å². The molecule has 0 aromatic heterocycles. The zero-order chi connectivity index (χ0) is 7.03. The molecule has 0 radical (unpaired) electrons. The van der Waals surface area contributed by atoms with Crippen LogP contribution in [0, 0.1) is 0 Å². The van der Waals surface area contributed by atoms with Gasteiger partial charge in [0.2, 0.25) is 5.91 Å². The number of rotatable bonds is 0. The van der Waals surface area contributed by atoms with E-state index in [4.69, 9.17) is 0 Å². The van der Waals surface area contributed by atoms with Crippen molar-refractivity contribution < 1.29 is 4.79 Å². The molecular weight excluding hydrogens is 146 g/mol. The summed E-state index contributed by atoms with van der Waals surface area (Å²) in [6.07, 6.45) is 3.37. The van der Waals surface area contributed by atoms with Crippen molar-refractivity contribution in [1.82, 2.24) is 5.32 Å². The third-order valence-electron chi connectivity index (χ3n) is 2.33. The van der Waals surface area contributed by atoms with E-state index in [1.165, 1.54) is 12.2 Å². The zero-order valence-corrected chi connectivity index (χ0v) is 6.67. The molecule has 2 fully saturated rings. The molecule has 2 rings (SSSR count). The van der Waals surface area contributed by atoms with Crippen molar-refractivity contribution in [3.8, 4) is 0 Å². The highest BCUT2D eigenvalue weighted by Gasteiger charge is 2.44. The van der Waals surface area contributed by atoms with E-state index >= 15 is 0 Å². The van der Waals surface area contributed by atoms with E-state index in [2.05, 4.69) is 5.32 Å². The Kier molecular flexibility index (Phi) is 1.41. The molecular formula is C7H11NOS. The molecule has 3 heteroatoms. The Hall–Kier alpha value is -0.180. The molecule has 10 heavy (non-hydrogen) atoms. The van der Waals surface area contributed by atoms with Crippen molar-refractivity contribution in [2.45, 2.75) is 24.0 Å². The van der Waals surface area contributed by atoms with Crippen molar-refractivity contribution in [1.29, 1.82) is 0 Å². The first-order valence-electron chi connectivity index (χ1n) is 3.76. The summed E-state index contributed by atoms with van der Waals surface area (Å²) < 4.78 is 0.0139. The second kappa shape index (κ2) is 2.16. The molecule has 0 bridgehead atoms. The lowest BCUT2D eigenvalue weighted by atomic mass is 10.0. The Morgan fingerprint density at radius 3 is 2.90 bits per heavy atom. The van der Waals surface area contributed by atoms with E-state index in [-0.39, 0.29) is 10.7 Å². The van der Waals surface area contributed by atoms with Gasteiger partial charge in [0.25, 0.3) is 0 Å². The predicted molar refractivity (Wildman–Crippen MR) is 42.0 cm³/mol. The smallest absolute Gasteiger partial charge is 0.236 e. The largest absolute Gasteiger partial charge is 0.355 e. The minimum atomic E-state index is 0.0139. The highest BCUT2D eigenvalue weighted by atomic mass is 32.2. The topological polar surface area (TPSA) is 29.1 Å². The lowest BCUT2D eigenvalue weighted by Gasteiger charge is -2.16. The van der Waals surface area contributed by atoms with Crippen LogP contribution in [0.25, 0.3) is 0 Å². The molecule has 0 saturated carbocycles. The maximum atomic E-state index is 11.3. The van der Waals surface area contributed by atoms with Gasteiger partial charge in [-0.3, -0.25) is 4.79 Å². The summed E-state index contributed by atoms with van der Waals surface area (Å²) >= 11 is 1.85. The number of hydrogen-bond acceptors (Lipinski definition) is 2. The molecule has 0 aliphatic carbocycles. The molecule has 1 spiro atoms. The number of nitrogens with one attached hydrogen (secondary N) is 1. The Bertz CT molecular complexity index is 157. The Morgan fingerprint density at radius 2 is 2.40 bits per heavy atom. The second-order valence-corrected chi connectivity index (χ2v) is 4.43. The van der Waals surface area contributed by atoms with Crippen LogP contribution in [-0.2, 0) is 4.79 Å². The van der Waals surface area contributed by atoms with E-state index in [0.29, 0.717) is 0 Å². The second-order valence-electron chi connectivity index (χ2n) is 2.95. The molecule has 2 heterocycles. The summed E-state index contributed by atoms with van der Waals surface area (Å²) in [6.45, 7) is 0.895. The van der Waals surface area contributed by atoms with Crippen LogP contribution in [0.2, 0.25) is 0 Å². The summed E-state index contributed by atoms with van der Waals surface area (Å²) in [5.41, 5.74) is 0. The number of carbonyl (C=O) groups excluding carboxylic acids is 1. The van der Waals surface area contributed by atoms with Crippen LogP contribution in [0.15, 0.2) is 0 Å². The molecule has 1 N–H and O–H groups in total. The molecule has 0 aromatic rings. The minimum Gasteiger partial charge on any atom is -0.355 e. The van der Waals surface area contributed by atoms with E-state index in [1.807, 2.05) is 11.8 Å². The van der Waals surface area contributed by atoms with Crippen molar-refractivity contribution in [2.75, 3.05) is 12.3 Å². The Labute approximate surface area is 64.8 Å². The molecule has 2 aliphatic heterocycles. The standard InChI is InChI=1S/C7H11NOS/c9-6-7(3-4-8-6)2-1-5-10-7/h1-5H2,(H,8,9). The van der Waals surface area contributed by atoms with Gasteiger partial charge in [0.1, 0.15) is 0 Å². The van der Waals surface area contributed by atoms with Crippen LogP contribution in [0.1, 0.15) is 19.3 Å². The van der Waals surface area contributed by atoms with Crippen LogP contribution < -0.4 is 5.32 Å². The van der Waals surface area contributed by atoms with E-state index in [0.717, 1.165) is 19.4 Å². The van der Waals surface area contributed by atoms with Crippen molar-refractivity contribution in [3.63, 3.8) is 0 Å². The van der Waals surface area contributed by atoms with Gasteiger partial charge in [0.15, 0.2) is 0 Å². The fourth-order valence-corrected chi connectivity index (χ4v) is 3.14. The van der Waals surface area contributed by atoms with Gasteiger partial charge in [0, 0.05) is 6.54 Å². The molecule has 2 aliphatic rings. The molecule has 0 aromatic carbocycles. The highest BCUT2D eigenvalue weighted by Crippen LogP contribution is 2.42. The lowest BCUT2D eigenvalue weighted by molar-refractivity contribution is -0.121. The fraction of sp³-hybridized carbons (Fsp3) is 0.857. The van der Waals surface area contributed by atoms with Gasteiger partial charge < -0.3 is 5.32 Å². The average molecular weight is 157 g/mol. The van der Waals surface area contributed by atoms with E-state index in [1.54, 1.807) is 0 Å².